The number of nitrogens with zero attached hydrogens (tertiary/aromatic N) is 1. The molecular formula is C15H24N2O3. The molecule has 2 amide bonds. The summed E-state index contributed by atoms with van der Waals surface area (Å²) >= 11 is 0. The molecule has 0 heterocycles. The lowest BCUT2D eigenvalue weighted by atomic mass is 9.81. The number of hydrogen-bond acceptors (Lipinski definition) is 2. The minimum atomic E-state index is -1.06. The third-order valence-electron chi connectivity index (χ3n) is 3.98. The first kappa shape index (κ1) is 16.4. The van der Waals surface area contributed by atoms with Crippen molar-refractivity contribution in [2.45, 2.75) is 39.0 Å². The highest BCUT2D eigenvalue weighted by Crippen LogP contribution is 2.30. The van der Waals surface area contributed by atoms with Gasteiger partial charge < -0.3 is 15.3 Å². The van der Waals surface area contributed by atoms with E-state index in [0.29, 0.717) is 12.5 Å². The molecular weight excluding hydrogens is 256 g/mol. The van der Waals surface area contributed by atoms with Gasteiger partial charge in [0.15, 0.2) is 0 Å². The Labute approximate surface area is 120 Å². The topological polar surface area (TPSA) is 69.6 Å². The Morgan fingerprint density at radius 3 is 2.40 bits per heavy atom. The van der Waals surface area contributed by atoms with Crippen molar-refractivity contribution in [2.75, 3.05) is 19.6 Å². The summed E-state index contributed by atoms with van der Waals surface area (Å²) < 4.78 is 0. The van der Waals surface area contributed by atoms with Crippen LogP contribution in [0.1, 0.15) is 39.0 Å². The van der Waals surface area contributed by atoms with Crippen LogP contribution in [0.3, 0.4) is 0 Å². The molecule has 1 aliphatic carbocycles. The number of carboxylic acids is 1. The molecule has 0 radical (unpaired) electrons. The molecule has 2 N–H and O–H groups in total. The van der Waals surface area contributed by atoms with Crippen LogP contribution in [0, 0.1) is 24.2 Å². The predicted octanol–water partition coefficient (Wildman–Crippen LogP) is 1.93. The number of amides is 2. The molecule has 1 rings (SSSR count). The van der Waals surface area contributed by atoms with E-state index in [1.165, 1.54) is 19.3 Å². The number of terminal acetylenes is 1. The van der Waals surface area contributed by atoms with Crippen LogP contribution in [0.15, 0.2) is 0 Å². The van der Waals surface area contributed by atoms with Crippen LogP contribution in [0.4, 0.5) is 4.79 Å². The lowest BCUT2D eigenvalue weighted by Crippen LogP contribution is -2.44. The minimum absolute atomic E-state index is 0.0146. The maximum atomic E-state index is 11.9. The fourth-order valence-electron chi connectivity index (χ4n) is 2.66. The molecule has 0 bridgehead atoms. The van der Waals surface area contributed by atoms with E-state index in [2.05, 4.69) is 18.2 Å². The molecule has 5 nitrogen and oxygen atoms in total. The number of urea groups is 1. The van der Waals surface area contributed by atoms with Gasteiger partial charge in [-0.2, -0.15) is 0 Å². The summed E-state index contributed by atoms with van der Waals surface area (Å²) in [4.78, 5) is 23.7. The van der Waals surface area contributed by atoms with Crippen molar-refractivity contribution in [3.63, 3.8) is 0 Å². The van der Waals surface area contributed by atoms with Crippen LogP contribution in [0.5, 0.6) is 0 Å². The summed E-state index contributed by atoms with van der Waals surface area (Å²) in [6, 6.07) is -0.386. The van der Waals surface area contributed by atoms with Gasteiger partial charge >= 0.3 is 12.0 Å². The molecule has 0 unspecified atom stereocenters. The first-order valence-corrected chi connectivity index (χ1v) is 7.24. The van der Waals surface area contributed by atoms with Crippen molar-refractivity contribution in [3.8, 4) is 12.3 Å². The van der Waals surface area contributed by atoms with Gasteiger partial charge in [0, 0.05) is 6.54 Å². The molecule has 0 saturated heterocycles. The van der Waals surface area contributed by atoms with Gasteiger partial charge in [-0.15, -0.1) is 6.42 Å². The number of carbonyl (C=O) groups is 2. The van der Waals surface area contributed by atoms with E-state index >= 15 is 0 Å². The smallest absolute Gasteiger partial charge is 0.323 e. The van der Waals surface area contributed by atoms with Gasteiger partial charge in [-0.1, -0.05) is 32.1 Å². The van der Waals surface area contributed by atoms with E-state index in [-0.39, 0.29) is 19.1 Å². The molecule has 20 heavy (non-hydrogen) atoms. The van der Waals surface area contributed by atoms with Gasteiger partial charge in [0.25, 0.3) is 0 Å². The Balaban J connectivity index is 2.34. The second kappa shape index (κ2) is 8.47. The highest BCUT2D eigenvalue weighted by molar-refractivity contribution is 5.80. The third-order valence-corrected chi connectivity index (χ3v) is 3.98. The highest BCUT2D eigenvalue weighted by atomic mass is 16.4. The maximum absolute atomic E-state index is 11.9. The predicted molar refractivity (Wildman–Crippen MR) is 77.2 cm³/mol. The Hall–Kier alpha value is -1.70. The van der Waals surface area contributed by atoms with Crippen LogP contribution in [-0.2, 0) is 4.79 Å². The zero-order chi connectivity index (χ0) is 15.0. The first-order chi connectivity index (χ1) is 9.56. The summed E-state index contributed by atoms with van der Waals surface area (Å²) in [6.45, 7) is 2.48. The van der Waals surface area contributed by atoms with E-state index in [1.54, 1.807) is 0 Å². The van der Waals surface area contributed by atoms with Crippen molar-refractivity contribution < 1.29 is 14.7 Å². The van der Waals surface area contributed by atoms with Gasteiger partial charge in [-0.05, 0) is 24.7 Å². The van der Waals surface area contributed by atoms with E-state index in [9.17, 15) is 9.59 Å². The number of rotatable bonds is 6. The maximum Gasteiger partial charge on any atom is 0.323 e. The quantitative estimate of drug-likeness (QED) is 0.730. The number of aliphatic carboxylic acids is 1. The largest absolute Gasteiger partial charge is 0.480 e. The second-order valence-corrected chi connectivity index (χ2v) is 5.43. The van der Waals surface area contributed by atoms with Gasteiger partial charge in [0.1, 0.15) is 6.54 Å². The van der Waals surface area contributed by atoms with Crippen molar-refractivity contribution in [3.05, 3.63) is 0 Å². The normalized spacial score (nSPS) is 21.8. The lowest BCUT2D eigenvalue weighted by molar-refractivity contribution is -0.137. The Kier molecular flexibility index (Phi) is 6.92. The number of nitrogens with one attached hydrogen (secondary N) is 1. The van der Waals surface area contributed by atoms with E-state index in [1.807, 2.05) is 0 Å². The van der Waals surface area contributed by atoms with Crippen molar-refractivity contribution in [1.82, 2.24) is 10.2 Å². The Morgan fingerprint density at radius 2 is 1.90 bits per heavy atom. The zero-order valence-corrected chi connectivity index (χ0v) is 12.1. The highest BCUT2D eigenvalue weighted by Gasteiger charge is 2.21. The summed E-state index contributed by atoms with van der Waals surface area (Å²) in [6.07, 6.45) is 11.1. The fraction of sp³-hybridized carbons (Fsp3) is 0.733. The fourth-order valence-corrected chi connectivity index (χ4v) is 2.66. The summed E-state index contributed by atoms with van der Waals surface area (Å²) in [5.41, 5.74) is 0. The molecule has 112 valence electrons. The lowest BCUT2D eigenvalue weighted by Gasteiger charge is -2.28. The van der Waals surface area contributed by atoms with Crippen molar-refractivity contribution >= 4 is 12.0 Å². The molecule has 0 aromatic heterocycles. The van der Waals surface area contributed by atoms with Gasteiger partial charge in [-0.25, -0.2) is 4.79 Å². The van der Waals surface area contributed by atoms with E-state index < -0.39 is 5.97 Å². The molecule has 0 spiro atoms. The number of carboxylic acid groups (broad SMARTS) is 1. The molecule has 0 atom stereocenters. The van der Waals surface area contributed by atoms with E-state index in [0.717, 1.165) is 23.7 Å². The second-order valence-electron chi connectivity index (χ2n) is 5.43. The molecule has 0 aromatic carbocycles. The summed E-state index contributed by atoms with van der Waals surface area (Å²) in [5, 5.41) is 11.5. The van der Waals surface area contributed by atoms with Gasteiger partial charge in [0.05, 0.1) is 6.54 Å². The van der Waals surface area contributed by atoms with Crippen molar-refractivity contribution in [1.29, 1.82) is 0 Å². The molecule has 0 aliphatic heterocycles. The number of carbonyl (C=O) groups excluding carboxylic acids is 1. The summed E-state index contributed by atoms with van der Waals surface area (Å²) in [7, 11) is 0. The zero-order valence-electron chi connectivity index (χ0n) is 12.1. The minimum Gasteiger partial charge on any atom is -0.480 e. The standard InChI is InChI=1S/C15H24N2O3/c1-3-9-17(11-14(18)19)15(20)16-10-13-7-5-12(4-2)6-8-13/h1,12-13H,4-11H2,2H3,(H,16,20)(H,18,19). The van der Waals surface area contributed by atoms with Crippen LogP contribution in [0.2, 0.25) is 0 Å². The monoisotopic (exact) mass is 280 g/mol. The molecule has 1 fully saturated rings. The van der Waals surface area contributed by atoms with Crippen LogP contribution in [-0.4, -0.2) is 41.6 Å². The SMILES string of the molecule is C#CCN(CC(=O)O)C(=O)NCC1CCC(CC)CC1. The molecule has 0 aromatic rings. The molecule has 1 saturated carbocycles. The average molecular weight is 280 g/mol. The summed E-state index contributed by atoms with van der Waals surface area (Å²) in [5.74, 6) is 2.58. The Bertz CT molecular complexity index is 368. The average Bonchev–Trinajstić information content (AvgIpc) is 2.44. The molecule has 1 aliphatic rings. The molecule has 5 heteroatoms. The van der Waals surface area contributed by atoms with Crippen LogP contribution in [0.25, 0.3) is 0 Å². The van der Waals surface area contributed by atoms with Gasteiger partial charge in [-0.3, -0.25) is 4.79 Å². The van der Waals surface area contributed by atoms with Gasteiger partial charge in [0.2, 0.25) is 0 Å². The van der Waals surface area contributed by atoms with Crippen LogP contribution < -0.4 is 5.32 Å². The third kappa shape index (κ3) is 5.52. The Morgan fingerprint density at radius 1 is 1.30 bits per heavy atom. The van der Waals surface area contributed by atoms with Crippen molar-refractivity contribution in [2.24, 2.45) is 11.8 Å². The number of hydrogen-bond donors (Lipinski definition) is 2. The first-order valence-electron chi connectivity index (χ1n) is 7.24. The van der Waals surface area contributed by atoms with E-state index in [4.69, 9.17) is 11.5 Å². The van der Waals surface area contributed by atoms with Crippen LogP contribution >= 0.6 is 0 Å².